The average molecular weight is 374 g/mol. The molecule has 0 N–H and O–H groups in total. The molecule has 6 heteroatoms. The summed E-state index contributed by atoms with van der Waals surface area (Å²) in [6, 6.07) is 22.2. The first-order valence-corrected chi connectivity index (χ1v) is 8.97. The zero-order chi connectivity index (χ0) is 19.3. The van der Waals surface area contributed by atoms with Crippen LogP contribution in [0.4, 0.5) is 4.39 Å². The number of benzene rings is 3. The highest BCUT2D eigenvalue weighted by atomic mass is 19.1. The molecule has 0 spiro atoms. The minimum Gasteiger partial charge on any atom is -0.489 e. The van der Waals surface area contributed by atoms with Crippen molar-refractivity contribution in [2.24, 2.45) is 0 Å². The number of hydrogen-bond acceptors (Lipinski definition) is 4. The van der Waals surface area contributed by atoms with Gasteiger partial charge in [-0.05, 0) is 48.0 Å². The Kier molecular flexibility index (Phi) is 5.10. The van der Waals surface area contributed by atoms with E-state index in [1.54, 1.807) is 23.0 Å². The van der Waals surface area contributed by atoms with Crippen LogP contribution in [0.1, 0.15) is 16.7 Å². The number of aryl methyl sites for hydroxylation is 1. The fourth-order valence-corrected chi connectivity index (χ4v) is 2.76. The lowest BCUT2D eigenvalue weighted by atomic mass is 10.1. The van der Waals surface area contributed by atoms with E-state index in [0.29, 0.717) is 23.7 Å². The molecule has 4 rings (SSSR count). The van der Waals surface area contributed by atoms with E-state index in [-0.39, 0.29) is 12.4 Å². The van der Waals surface area contributed by atoms with Crippen molar-refractivity contribution in [1.82, 2.24) is 20.2 Å². The summed E-state index contributed by atoms with van der Waals surface area (Å²) in [4.78, 5) is 1.57. The van der Waals surface area contributed by atoms with Gasteiger partial charge in [0.15, 0.2) is 0 Å². The lowest BCUT2D eigenvalue weighted by Gasteiger charge is -2.07. The topological polar surface area (TPSA) is 52.8 Å². The molecule has 1 heterocycles. The molecule has 0 aliphatic heterocycles. The van der Waals surface area contributed by atoms with E-state index in [1.807, 2.05) is 24.3 Å². The van der Waals surface area contributed by atoms with Gasteiger partial charge in [-0.2, -0.15) is 4.80 Å². The third kappa shape index (κ3) is 4.23. The smallest absolute Gasteiger partial charge is 0.204 e. The lowest BCUT2D eigenvalue weighted by molar-refractivity contribution is 0.300. The summed E-state index contributed by atoms with van der Waals surface area (Å²) < 4.78 is 19.3. The molecule has 0 saturated carbocycles. The van der Waals surface area contributed by atoms with Crippen molar-refractivity contribution in [2.45, 2.75) is 20.1 Å². The fourth-order valence-electron chi connectivity index (χ4n) is 2.76. The van der Waals surface area contributed by atoms with Crippen molar-refractivity contribution in [3.63, 3.8) is 0 Å². The fraction of sp³-hybridized carbons (Fsp3) is 0.136. The minimum absolute atomic E-state index is 0.178. The summed E-state index contributed by atoms with van der Waals surface area (Å²) >= 11 is 0. The van der Waals surface area contributed by atoms with Crippen LogP contribution in [0.2, 0.25) is 0 Å². The second kappa shape index (κ2) is 8.00. The maximum Gasteiger partial charge on any atom is 0.204 e. The molecule has 0 aliphatic rings. The molecule has 140 valence electrons. The monoisotopic (exact) mass is 374 g/mol. The standard InChI is InChI=1S/C22H19FN4O/c1-16-6-8-17(9-7-16)14-27-25-22(24-26-27)18-10-12-20(13-11-18)28-15-19-4-2-3-5-21(19)23/h2-13H,14-15H2,1H3. The van der Waals surface area contributed by atoms with Gasteiger partial charge in [0.05, 0.1) is 6.54 Å². The van der Waals surface area contributed by atoms with Crippen molar-refractivity contribution in [3.8, 4) is 17.1 Å². The highest BCUT2D eigenvalue weighted by Gasteiger charge is 2.07. The molecule has 0 fully saturated rings. The van der Waals surface area contributed by atoms with Gasteiger partial charge in [0.2, 0.25) is 5.82 Å². The zero-order valence-corrected chi connectivity index (χ0v) is 15.4. The first-order chi connectivity index (χ1) is 13.7. The molecular weight excluding hydrogens is 355 g/mol. The second-order valence-corrected chi connectivity index (χ2v) is 6.53. The van der Waals surface area contributed by atoms with Gasteiger partial charge in [-0.15, -0.1) is 10.2 Å². The highest BCUT2D eigenvalue weighted by molar-refractivity contribution is 5.55. The molecule has 0 aliphatic carbocycles. The van der Waals surface area contributed by atoms with E-state index in [9.17, 15) is 4.39 Å². The average Bonchev–Trinajstić information content (AvgIpc) is 3.18. The van der Waals surface area contributed by atoms with Gasteiger partial charge >= 0.3 is 0 Å². The molecule has 0 saturated heterocycles. The maximum atomic E-state index is 13.7. The van der Waals surface area contributed by atoms with E-state index in [4.69, 9.17) is 4.74 Å². The van der Waals surface area contributed by atoms with Gasteiger partial charge < -0.3 is 4.74 Å². The summed E-state index contributed by atoms with van der Waals surface area (Å²) in [5, 5.41) is 12.7. The molecule has 1 aromatic heterocycles. The van der Waals surface area contributed by atoms with Crippen LogP contribution in [0.5, 0.6) is 5.75 Å². The summed E-state index contributed by atoms with van der Waals surface area (Å²) in [7, 11) is 0. The minimum atomic E-state index is -0.270. The normalized spacial score (nSPS) is 10.8. The predicted octanol–water partition coefficient (Wildman–Crippen LogP) is 4.41. The molecule has 5 nitrogen and oxygen atoms in total. The Morgan fingerprint density at radius 3 is 2.43 bits per heavy atom. The van der Waals surface area contributed by atoms with Gasteiger partial charge in [0.25, 0.3) is 0 Å². The number of aromatic nitrogens is 4. The van der Waals surface area contributed by atoms with Crippen LogP contribution in [-0.2, 0) is 13.2 Å². The first kappa shape index (κ1) is 17.9. The Morgan fingerprint density at radius 2 is 1.68 bits per heavy atom. The van der Waals surface area contributed by atoms with E-state index in [0.717, 1.165) is 11.1 Å². The Hall–Kier alpha value is -3.54. The van der Waals surface area contributed by atoms with Crippen LogP contribution in [0.15, 0.2) is 72.8 Å². The number of nitrogens with zero attached hydrogens (tertiary/aromatic N) is 4. The zero-order valence-electron chi connectivity index (χ0n) is 15.4. The van der Waals surface area contributed by atoms with Crippen molar-refractivity contribution in [1.29, 1.82) is 0 Å². The van der Waals surface area contributed by atoms with Crippen LogP contribution in [0.25, 0.3) is 11.4 Å². The molecule has 0 atom stereocenters. The Bertz CT molecular complexity index is 1060. The summed E-state index contributed by atoms with van der Waals surface area (Å²) in [6.45, 7) is 2.80. The number of hydrogen-bond donors (Lipinski definition) is 0. The van der Waals surface area contributed by atoms with Crippen molar-refractivity contribution < 1.29 is 9.13 Å². The Labute approximate surface area is 162 Å². The van der Waals surface area contributed by atoms with E-state index in [2.05, 4.69) is 46.6 Å². The molecule has 0 unspecified atom stereocenters. The lowest BCUT2D eigenvalue weighted by Crippen LogP contribution is -2.03. The molecule has 4 aromatic rings. The molecule has 0 bridgehead atoms. The maximum absolute atomic E-state index is 13.7. The van der Waals surface area contributed by atoms with Crippen LogP contribution < -0.4 is 4.74 Å². The van der Waals surface area contributed by atoms with E-state index >= 15 is 0 Å². The third-order valence-corrected chi connectivity index (χ3v) is 4.36. The molecule has 0 amide bonds. The molecular formula is C22H19FN4O. The number of rotatable bonds is 6. The summed E-state index contributed by atoms with van der Waals surface area (Å²) in [5.74, 6) is 0.931. The predicted molar refractivity (Wildman–Crippen MR) is 104 cm³/mol. The molecule has 3 aromatic carbocycles. The summed E-state index contributed by atoms with van der Waals surface area (Å²) in [5.41, 5.74) is 3.69. The van der Waals surface area contributed by atoms with Gasteiger partial charge in [-0.1, -0.05) is 48.0 Å². The number of tetrazole rings is 1. The van der Waals surface area contributed by atoms with Crippen molar-refractivity contribution in [2.75, 3.05) is 0 Å². The Balaban J connectivity index is 1.40. The van der Waals surface area contributed by atoms with Crippen LogP contribution in [0, 0.1) is 12.7 Å². The van der Waals surface area contributed by atoms with Crippen LogP contribution in [-0.4, -0.2) is 20.2 Å². The van der Waals surface area contributed by atoms with Crippen LogP contribution >= 0.6 is 0 Å². The quantitative estimate of drug-likeness (QED) is 0.501. The summed E-state index contributed by atoms with van der Waals surface area (Å²) in [6.07, 6.45) is 0. The van der Waals surface area contributed by atoms with Gasteiger partial charge in [-0.25, -0.2) is 4.39 Å². The first-order valence-electron chi connectivity index (χ1n) is 8.97. The second-order valence-electron chi connectivity index (χ2n) is 6.53. The van der Waals surface area contributed by atoms with Crippen molar-refractivity contribution in [3.05, 3.63) is 95.3 Å². The largest absolute Gasteiger partial charge is 0.489 e. The molecule has 28 heavy (non-hydrogen) atoms. The highest BCUT2D eigenvalue weighted by Crippen LogP contribution is 2.20. The van der Waals surface area contributed by atoms with Gasteiger partial charge in [0, 0.05) is 11.1 Å². The SMILES string of the molecule is Cc1ccc(Cn2nnc(-c3ccc(OCc4ccccc4F)cc3)n2)cc1. The van der Waals surface area contributed by atoms with Crippen LogP contribution in [0.3, 0.4) is 0 Å². The van der Waals surface area contributed by atoms with E-state index < -0.39 is 0 Å². The number of ether oxygens (including phenoxy) is 1. The molecule has 0 radical (unpaired) electrons. The Morgan fingerprint density at radius 1 is 0.929 bits per heavy atom. The van der Waals surface area contributed by atoms with Gasteiger partial charge in [-0.3, -0.25) is 0 Å². The van der Waals surface area contributed by atoms with Crippen molar-refractivity contribution >= 4 is 0 Å². The third-order valence-electron chi connectivity index (χ3n) is 4.36. The van der Waals surface area contributed by atoms with Gasteiger partial charge in [0.1, 0.15) is 18.2 Å². The van der Waals surface area contributed by atoms with E-state index in [1.165, 1.54) is 11.6 Å². The number of halogens is 1.